The zero-order valence-corrected chi connectivity index (χ0v) is 22.7. The third-order valence-corrected chi connectivity index (χ3v) is 8.46. The Bertz CT molecular complexity index is 1330. The number of ketones is 1. The molecule has 1 fully saturated rings. The molecule has 0 saturated carbocycles. The Kier molecular flexibility index (Phi) is 8.57. The minimum Gasteiger partial charge on any atom is -0.289 e. The summed E-state index contributed by atoms with van der Waals surface area (Å²) >= 11 is 0. The lowest BCUT2D eigenvalue weighted by Crippen LogP contribution is -2.41. The van der Waals surface area contributed by atoms with Crippen LogP contribution in [0, 0.1) is 6.92 Å². The van der Waals surface area contributed by atoms with Crippen LogP contribution in [0.15, 0.2) is 88.8 Å². The summed E-state index contributed by atoms with van der Waals surface area (Å²) in [6.45, 7) is 6.29. The van der Waals surface area contributed by atoms with E-state index in [-0.39, 0.29) is 23.8 Å². The van der Waals surface area contributed by atoms with Gasteiger partial charge in [-0.1, -0.05) is 92.9 Å². The smallest absolute Gasteiger partial charge is 0.243 e. The topological polar surface area (TPSA) is 54.5 Å². The maximum atomic E-state index is 13.6. The highest BCUT2D eigenvalue weighted by Gasteiger charge is 2.34. The first-order valence-electron chi connectivity index (χ1n) is 13.0. The lowest BCUT2D eigenvalue weighted by atomic mass is 9.95. The molecule has 0 unspecified atom stereocenters. The summed E-state index contributed by atoms with van der Waals surface area (Å²) in [4.78, 5) is 13.8. The minimum absolute atomic E-state index is 0.0402. The lowest BCUT2D eigenvalue weighted by molar-refractivity contribution is -0.113. The number of hydrogen-bond donors (Lipinski definition) is 0. The van der Waals surface area contributed by atoms with Crippen molar-refractivity contribution in [3.63, 3.8) is 0 Å². The Balaban J connectivity index is 1.72. The first kappa shape index (κ1) is 26.8. The van der Waals surface area contributed by atoms with E-state index in [9.17, 15) is 13.2 Å². The molecule has 0 radical (unpaired) electrons. The van der Waals surface area contributed by atoms with Crippen molar-refractivity contribution in [1.29, 1.82) is 0 Å². The number of sulfonamides is 1. The lowest BCUT2D eigenvalue weighted by Gasteiger charge is -2.29. The minimum atomic E-state index is -3.78. The highest BCUT2D eigenvalue weighted by Crippen LogP contribution is 2.27. The molecule has 1 aliphatic heterocycles. The monoisotopic (exact) mass is 513 g/mol. The molecule has 1 saturated heterocycles. The van der Waals surface area contributed by atoms with Crippen molar-refractivity contribution in [1.82, 2.24) is 4.31 Å². The molecule has 1 aliphatic rings. The summed E-state index contributed by atoms with van der Waals surface area (Å²) < 4.78 is 28.6. The third kappa shape index (κ3) is 6.54. The number of carbonyl (C=O) groups excluding carboxylic acids is 1. The van der Waals surface area contributed by atoms with E-state index >= 15 is 0 Å². The summed E-state index contributed by atoms with van der Waals surface area (Å²) in [5.41, 5.74) is 6.21. The van der Waals surface area contributed by atoms with Crippen molar-refractivity contribution in [2.24, 2.45) is 0 Å². The van der Waals surface area contributed by atoms with Gasteiger partial charge in [-0.25, -0.2) is 8.42 Å². The molecule has 0 atom stereocenters. The summed E-state index contributed by atoms with van der Waals surface area (Å²) in [7, 11) is -3.78. The van der Waals surface area contributed by atoms with Gasteiger partial charge >= 0.3 is 0 Å². The number of piperidine rings is 1. The molecule has 5 heteroatoms. The summed E-state index contributed by atoms with van der Waals surface area (Å²) in [6, 6.07) is 23.1. The maximum absolute atomic E-state index is 13.6. The standard InChI is InChI=1S/C32H35NO3S/c1-4-6-25-10-14-27(15-11-25)20-29-22-33(37(35,36)31-18-8-24(3)9-19-31)23-30(32(29)34)21-28-16-12-26(7-5-2)13-17-28/h8-21H,4-7,22-23H2,1-3H3/b29-20+,30-21+. The number of Topliss-reactive ketones (excluding diaryl/α,β-unsaturated/α-hetero) is 1. The highest BCUT2D eigenvalue weighted by atomic mass is 32.2. The second kappa shape index (κ2) is 11.8. The van der Waals surface area contributed by atoms with Crippen molar-refractivity contribution in [3.8, 4) is 0 Å². The molecule has 0 aliphatic carbocycles. The van der Waals surface area contributed by atoms with Crippen molar-refractivity contribution >= 4 is 28.0 Å². The molecule has 37 heavy (non-hydrogen) atoms. The number of carbonyl (C=O) groups is 1. The summed E-state index contributed by atoms with van der Waals surface area (Å²) in [6.07, 6.45) is 7.79. The Morgan fingerprint density at radius 1 is 0.703 bits per heavy atom. The van der Waals surface area contributed by atoms with Gasteiger partial charge in [0.2, 0.25) is 10.0 Å². The van der Waals surface area contributed by atoms with Crippen molar-refractivity contribution in [3.05, 3.63) is 112 Å². The van der Waals surface area contributed by atoms with Crippen LogP contribution >= 0.6 is 0 Å². The average Bonchev–Trinajstić information content (AvgIpc) is 2.89. The molecule has 4 rings (SSSR count). The van der Waals surface area contributed by atoms with Crippen molar-refractivity contribution in [2.45, 2.75) is 51.3 Å². The number of hydrogen-bond acceptors (Lipinski definition) is 3. The zero-order chi connectivity index (χ0) is 26.4. The quantitative estimate of drug-likeness (QED) is 0.317. The van der Waals surface area contributed by atoms with E-state index in [1.54, 1.807) is 24.3 Å². The van der Waals surface area contributed by atoms with Gasteiger partial charge in [0.15, 0.2) is 5.78 Å². The van der Waals surface area contributed by atoms with E-state index < -0.39 is 10.0 Å². The van der Waals surface area contributed by atoms with E-state index in [0.717, 1.165) is 42.4 Å². The van der Waals surface area contributed by atoms with Gasteiger partial charge in [-0.3, -0.25) is 4.79 Å². The average molecular weight is 514 g/mol. The van der Waals surface area contributed by atoms with Crippen LogP contribution in [-0.2, 0) is 27.7 Å². The van der Waals surface area contributed by atoms with Crippen molar-refractivity contribution < 1.29 is 13.2 Å². The fourth-order valence-electron chi connectivity index (χ4n) is 4.58. The van der Waals surface area contributed by atoms with Gasteiger partial charge < -0.3 is 0 Å². The third-order valence-electron chi connectivity index (χ3n) is 6.65. The number of rotatable bonds is 8. The van der Waals surface area contributed by atoms with Gasteiger partial charge in [0.25, 0.3) is 0 Å². The van der Waals surface area contributed by atoms with E-state index in [2.05, 4.69) is 38.1 Å². The predicted molar refractivity (Wildman–Crippen MR) is 152 cm³/mol. The van der Waals surface area contributed by atoms with Gasteiger partial charge in [-0.2, -0.15) is 4.31 Å². The van der Waals surface area contributed by atoms with Gasteiger partial charge in [0.1, 0.15) is 0 Å². The molecule has 0 aromatic heterocycles. The SMILES string of the molecule is CCCc1ccc(/C=C2\CN(S(=O)(=O)c3ccc(C)cc3)C/C(=C\c3ccc(CCC)cc3)C2=O)cc1. The van der Waals surface area contributed by atoms with Gasteiger partial charge in [-0.15, -0.1) is 0 Å². The number of nitrogens with zero attached hydrogens (tertiary/aromatic N) is 1. The van der Waals surface area contributed by atoms with Gasteiger partial charge in [0, 0.05) is 24.2 Å². The fourth-order valence-corrected chi connectivity index (χ4v) is 5.97. The number of aryl methyl sites for hydroxylation is 3. The molecular formula is C32H35NO3S. The summed E-state index contributed by atoms with van der Waals surface area (Å²) in [5.74, 6) is -0.106. The van der Waals surface area contributed by atoms with Gasteiger partial charge in [0.05, 0.1) is 4.90 Å². The predicted octanol–water partition coefficient (Wildman–Crippen LogP) is 6.64. The van der Waals surface area contributed by atoms with Crippen LogP contribution in [0.2, 0.25) is 0 Å². The normalized spacial score (nSPS) is 17.0. The first-order valence-corrected chi connectivity index (χ1v) is 14.4. The molecule has 0 amide bonds. The molecule has 0 N–H and O–H groups in total. The van der Waals surface area contributed by atoms with Crippen molar-refractivity contribution in [2.75, 3.05) is 13.1 Å². The molecular weight excluding hydrogens is 478 g/mol. The maximum Gasteiger partial charge on any atom is 0.243 e. The molecule has 0 bridgehead atoms. The number of benzene rings is 3. The molecule has 192 valence electrons. The Morgan fingerprint density at radius 2 is 1.14 bits per heavy atom. The Morgan fingerprint density at radius 3 is 1.54 bits per heavy atom. The zero-order valence-electron chi connectivity index (χ0n) is 21.9. The van der Waals surface area contributed by atoms with Gasteiger partial charge in [-0.05, 0) is 66.3 Å². The van der Waals surface area contributed by atoms with E-state index in [0.29, 0.717) is 11.1 Å². The largest absolute Gasteiger partial charge is 0.289 e. The van der Waals surface area contributed by atoms with E-state index in [1.807, 2.05) is 43.3 Å². The van der Waals surface area contributed by atoms with Crippen LogP contribution in [-0.4, -0.2) is 31.6 Å². The van der Waals surface area contributed by atoms with Crippen LogP contribution in [0.25, 0.3) is 12.2 Å². The molecule has 0 spiro atoms. The molecule has 3 aromatic rings. The van der Waals surface area contributed by atoms with Crippen LogP contribution in [0.4, 0.5) is 0 Å². The molecule has 4 nitrogen and oxygen atoms in total. The molecule has 1 heterocycles. The fraction of sp³-hybridized carbons (Fsp3) is 0.281. The second-order valence-corrected chi connectivity index (χ2v) is 11.7. The van der Waals surface area contributed by atoms with Crippen LogP contribution in [0.3, 0.4) is 0 Å². The summed E-state index contributed by atoms with van der Waals surface area (Å²) in [5, 5.41) is 0. The first-order chi connectivity index (χ1) is 17.8. The van der Waals surface area contributed by atoms with E-state index in [4.69, 9.17) is 0 Å². The molecule has 3 aromatic carbocycles. The van der Waals surface area contributed by atoms with Crippen LogP contribution in [0.1, 0.15) is 54.5 Å². The van der Waals surface area contributed by atoms with E-state index in [1.165, 1.54) is 15.4 Å². The second-order valence-electron chi connectivity index (χ2n) is 9.74. The Labute approximate surface area is 221 Å². The highest BCUT2D eigenvalue weighted by molar-refractivity contribution is 7.89. The Hall–Kier alpha value is -3.28. The van der Waals surface area contributed by atoms with Crippen LogP contribution in [0.5, 0.6) is 0 Å². The van der Waals surface area contributed by atoms with Crippen LogP contribution < -0.4 is 0 Å².